The Labute approximate surface area is 289 Å². The second-order valence-corrected chi connectivity index (χ2v) is 14.8. The Morgan fingerprint density at radius 1 is 1.12 bits per heavy atom. The molecule has 2 aromatic carbocycles. The van der Waals surface area contributed by atoms with Crippen molar-refractivity contribution in [2.75, 3.05) is 4.90 Å². The van der Waals surface area contributed by atoms with E-state index < -0.39 is 46.5 Å². The zero-order chi connectivity index (χ0) is 34.7. The van der Waals surface area contributed by atoms with Crippen LogP contribution in [0.4, 0.5) is 5.82 Å². The van der Waals surface area contributed by atoms with Crippen molar-refractivity contribution >= 4 is 50.7 Å². The molecule has 2 amide bonds. The lowest BCUT2D eigenvalue weighted by Crippen LogP contribution is -2.49. The van der Waals surface area contributed by atoms with E-state index in [-0.39, 0.29) is 18.7 Å². The Bertz CT molecular complexity index is 2440. The molecule has 8 rings (SSSR count). The summed E-state index contributed by atoms with van der Waals surface area (Å²) < 4.78 is 6.43. The molecule has 0 unspecified atom stereocenters. The standard InChI is InChI=1S/C36H33ClN6O5S/c1-6-8-19-9-7-10-22(30(19)44)29-21-13-14-41-34(47)39(4)35(48)43(41)26(21)16-24-32(45)42(33(46)36(24,29)3)28-17-25(38-40(28)5)31-18(2)23-15-20(37)11-12-27(23)49-31/h6-7,9-13,15,17,24,26,29,44H,1,8,14,16H2,2-5H3/t24-,26+,29+,36+/m0/s1. The molecule has 4 atom stereocenters. The van der Waals surface area contributed by atoms with Gasteiger partial charge in [0.15, 0.2) is 0 Å². The third kappa shape index (κ3) is 4.16. The molecule has 5 heterocycles. The minimum Gasteiger partial charge on any atom is -0.507 e. The van der Waals surface area contributed by atoms with Crippen LogP contribution in [0, 0.1) is 18.3 Å². The number of carbonyl (C=O) groups is 2. The molecular weight excluding hydrogens is 664 g/mol. The molecule has 13 heteroatoms. The number of phenolic OH excluding ortho intramolecular Hbond substituents is 1. The molecular formula is C36H33ClN6O5S. The fourth-order valence-electron chi connectivity index (χ4n) is 8.33. The molecule has 3 aromatic heterocycles. The summed E-state index contributed by atoms with van der Waals surface area (Å²) in [4.78, 5) is 58.2. The maximum Gasteiger partial charge on any atom is 0.347 e. The summed E-state index contributed by atoms with van der Waals surface area (Å²) in [6.45, 7) is 7.72. The van der Waals surface area contributed by atoms with Crippen LogP contribution in [0.5, 0.6) is 5.75 Å². The van der Waals surface area contributed by atoms with Crippen LogP contribution in [0.2, 0.25) is 5.02 Å². The van der Waals surface area contributed by atoms with E-state index in [4.69, 9.17) is 16.7 Å². The van der Waals surface area contributed by atoms with Crippen LogP contribution in [0.3, 0.4) is 0 Å². The Kier molecular flexibility index (Phi) is 6.89. The maximum absolute atomic E-state index is 15.0. The van der Waals surface area contributed by atoms with Crippen molar-refractivity contribution in [1.29, 1.82) is 0 Å². The van der Waals surface area contributed by atoms with Gasteiger partial charge < -0.3 is 5.11 Å². The first-order valence-electron chi connectivity index (χ1n) is 16.0. The first-order valence-corrected chi connectivity index (χ1v) is 17.2. The fourth-order valence-corrected chi connectivity index (χ4v) is 9.65. The number of amides is 2. The van der Waals surface area contributed by atoms with Crippen molar-refractivity contribution in [2.24, 2.45) is 25.4 Å². The number of phenols is 1. The molecule has 49 heavy (non-hydrogen) atoms. The van der Waals surface area contributed by atoms with Gasteiger partial charge >= 0.3 is 11.4 Å². The normalized spacial score (nSPS) is 23.1. The average molecular weight is 697 g/mol. The SMILES string of the molecule is C=CCc1cccc([C@H]2C3=CCn4c(=O)n(C)c(=O)n4[C@@H]3C[C@H]3C(=O)N(c4cc(-c5sc6ccc(Cl)cc6c5C)nn4C)C(=O)[C@@]23C)c1O. The number of fused-ring (bicyclic) bond motifs is 5. The number of halogens is 1. The summed E-state index contributed by atoms with van der Waals surface area (Å²) in [7, 11) is 3.13. The van der Waals surface area contributed by atoms with Crippen LogP contribution >= 0.6 is 22.9 Å². The molecule has 2 aliphatic heterocycles. The smallest absolute Gasteiger partial charge is 0.347 e. The minimum absolute atomic E-state index is 0.0131. The Hall–Kier alpha value is -4.94. The van der Waals surface area contributed by atoms with Crippen LogP contribution < -0.4 is 16.3 Å². The maximum atomic E-state index is 15.0. The van der Waals surface area contributed by atoms with E-state index in [1.807, 2.05) is 37.3 Å². The van der Waals surface area contributed by atoms with Crippen molar-refractivity contribution < 1.29 is 14.7 Å². The van der Waals surface area contributed by atoms with Gasteiger partial charge in [-0.25, -0.2) is 28.4 Å². The van der Waals surface area contributed by atoms with Gasteiger partial charge in [-0.05, 0) is 67.0 Å². The van der Waals surface area contributed by atoms with Gasteiger partial charge in [0.05, 0.1) is 28.8 Å². The molecule has 5 aromatic rings. The predicted octanol–water partition coefficient (Wildman–Crippen LogP) is 5.22. The highest BCUT2D eigenvalue weighted by atomic mass is 35.5. The molecule has 0 spiro atoms. The lowest BCUT2D eigenvalue weighted by molar-refractivity contribution is -0.129. The Morgan fingerprint density at radius 2 is 1.90 bits per heavy atom. The quantitative estimate of drug-likeness (QED) is 0.199. The average Bonchev–Trinajstić information content (AvgIpc) is 3.73. The molecule has 11 nitrogen and oxygen atoms in total. The van der Waals surface area contributed by atoms with Crippen LogP contribution in [0.25, 0.3) is 20.7 Å². The lowest BCUT2D eigenvalue weighted by atomic mass is 9.56. The summed E-state index contributed by atoms with van der Waals surface area (Å²) in [5.41, 5.74) is 1.15. The molecule has 1 saturated carbocycles. The monoisotopic (exact) mass is 696 g/mol. The number of thiophene rings is 1. The van der Waals surface area contributed by atoms with E-state index in [0.717, 1.165) is 25.1 Å². The summed E-state index contributed by atoms with van der Waals surface area (Å²) >= 11 is 7.85. The van der Waals surface area contributed by atoms with Crippen LogP contribution in [0.1, 0.15) is 42.0 Å². The van der Waals surface area contributed by atoms with Gasteiger partial charge in [-0.2, -0.15) is 5.10 Å². The molecule has 1 N–H and O–H groups in total. The van der Waals surface area contributed by atoms with Crippen LogP contribution in [-0.4, -0.2) is 40.6 Å². The molecule has 0 radical (unpaired) electrons. The van der Waals surface area contributed by atoms with Gasteiger partial charge in [-0.3, -0.25) is 14.3 Å². The zero-order valence-electron chi connectivity index (χ0n) is 27.3. The summed E-state index contributed by atoms with van der Waals surface area (Å²) in [5.74, 6) is -2.16. The number of para-hydroxylation sites is 1. The third-order valence-corrected chi connectivity index (χ3v) is 12.3. The molecule has 2 fully saturated rings. The third-order valence-electron chi connectivity index (χ3n) is 10.8. The number of aromatic hydroxyl groups is 1. The highest BCUT2D eigenvalue weighted by Crippen LogP contribution is 2.62. The number of aromatic nitrogens is 5. The molecule has 1 aliphatic carbocycles. The number of carbonyl (C=O) groups excluding carboxylic acids is 2. The zero-order valence-corrected chi connectivity index (χ0v) is 28.9. The molecule has 0 bridgehead atoms. The number of hydrogen-bond donors (Lipinski definition) is 1. The van der Waals surface area contributed by atoms with E-state index in [1.54, 1.807) is 54.3 Å². The van der Waals surface area contributed by atoms with Crippen molar-refractivity contribution in [3.05, 3.63) is 109 Å². The first-order chi connectivity index (χ1) is 23.4. The van der Waals surface area contributed by atoms with E-state index in [2.05, 4.69) is 6.58 Å². The van der Waals surface area contributed by atoms with Crippen molar-refractivity contribution in [1.82, 2.24) is 23.7 Å². The Morgan fingerprint density at radius 3 is 2.65 bits per heavy atom. The van der Waals surface area contributed by atoms with Crippen molar-refractivity contribution in [2.45, 2.75) is 45.2 Å². The first kappa shape index (κ1) is 31.3. The number of rotatable bonds is 5. The number of hydrogen-bond acceptors (Lipinski definition) is 7. The topological polar surface area (TPSA) is 124 Å². The van der Waals surface area contributed by atoms with Crippen molar-refractivity contribution in [3.63, 3.8) is 0 Å². The number of anilines is 1. The number of imide groups is 1. The highest BCUT2D eigenvalue weighted by molar-refractivity contribution is 7.22. The van der Waals surface area contributed by atoms with Gasteiger partial charge in [-0.15, -0.1) is 17.9 Å². The number of allylic oxidation sites excluding steroid dienone is 3. The molecule has 3 aliphatic rings. The van der Waals surface area contributed by atoms with Crippen molar-refractivity contribution in [3.8, 4) is 16.3 Å². The van der Waals surface area contributed by atoms with Gasteiger partial charge in [0, 0.05) is 41.4 Å². The molecule has 1 saturated heterocycles. The summed E-state index contributed by atoms with van der Waals surface area (Å²) in [6, 6.07) is 12.2. The summed E-state index contributed by atoms with van der Waals surface area (Å²) in [5, 5.41) is 18.1. The van der Waals surface area contributed by atoms with Gasteiger partial charge in [0.2, 0.25) is 11.8 Å². The van der Waals surface area contributed by atoms with E-state index in [9.17, 15) is 24.3 Å². The van der Waals surface area contributed by atoms with E-state index in [0.29, 0.717) is 39.7 Å². The summed E-state index contributed by atoms with van der Waals surface area (Å²) in [6.07, 6.45) is 4.08. The molecule has 250 valence electrons. The van der Waals surface area contributed by atoms with Gasteiger partial charge in [0.1, 0.15) is 17.3 Å². The lowest BCUT2D eigenvalue weighted by Gasteiger charge is -2.47. The second kappa shape index (κ2) is 10.8. The van der Waals surface area contributed by atoms with E-state index in [1.165, 1.54) is 21.3 Å². The number of aryl methyl sites for hydroxylation is 2. The Balaban J connectivity index is 1.30. The van der Waals surface area contributed by atoms with Crippen LogP contribution in [-0.2, 0) is 36.6 Å². The number of nitrogens with zero attached hydrogens (tertiary/aromatic N) is 6. The van der Waals surface area contributed by atoms with Gasteiger partial charge in [0.25, 0.3) is 0 Å². The minimum atomic E-state index is -1.33. The fraction of sp³-hybridized carbons (Fsp3) is 0.306. The van der Waals surface area contributed by atoms with E-state index >= 15 is 0 Å². The predicted molar refractivity (Wildman–Crippen MR) is 188 cm³/mol. The second-order valence-electron chi connectivity index (χ2n) is 13.3. The van der Waals surface area contributed by atoms with Gasteiger partial charge in [-0.1, -0.05) is 42.0 Å². The number of benzene rings is 2. The van der Waals surface area contributed by atoms with Crippen LogP contribution in [0.15, 0.2) is 76.4 Å². The largest absolute Gasteiger partial charge is 0.507 e. The highest BCUT2D eigenvalue weighted by Gasteiger charge is 2.66.